The Kier molecular flexibility index (Phi) is 10.2. The van der Waals surface area contributed by atoms with Crippen LogP contribution in [0.15, 0.2) is 48.8 Å². The monoisotopic (exact) mass is 612 g/mol. The first kappa shape index (κ1) is 31.3. The van der Waals surface area contributed by atoms with Gasteiger partial charge in [-0.3, -0.25) is 14.4 Å². The maximum atomic E-state index is 14.9. The SMILES string of the molecule is CN(C)C1CCN(C(=O)CC(NC(=O)/C=C/c2c(-n3cnnn3)ccc(Cl)c2F)C(=O)Nc2ccc(C(=O)O)cc2)CC1. The lowest BCUT2D eigenvalue weighted by Gasteiger charge is -2.35. The lowest BCUT2D eigenvalue weighted by Crippen LogP contribution is -2.49. The van der Waals surface area contributed by atoms with Gasteiger partial charge in [0.25, 0.3) is 0 Å². The van der Waals surface area contributed by atoms with Crippen LogP contribution in [-0.2, 0) is 14.4 Å². The summed E-state index contributed by atoms with van der Waals surface area (Å²) in [6.07, 6.45) is 4.65. The van der Waals surface area contributed by atoms with Crippen molar-refractivity contribution in [3.05, 3.63) is 70.8 Å². The number of carbonyl (C=O) groups excluding carboxylic acids is 3. The summed E-state index contributed by atoms with van der Waals surface area (Å²) in [5.41, 5.74) is 0.440. The van der Waals surface area contributed by atoms with Crippen LogP contribution in [-0.4, -0.2) is 98.1 Å². The number of piperidine rings is 1. The van der Waals surface area contributed by atoms with Crippen molar-refractivity contribution in [2.75, 3.05) is 32.5 Å². The third kappa shape index (κ3) is 7.99. The number of carboxylic acid groups (broad SMARTS) is 1. The molecule has 0 radical (unpaired) electrons. The Morgan fingerprint density at radius 2 is 1.84 bits per heavy atom. The van der Waals surface area contributed by atoms with Gasteiger partial charge in [0.05, 0.1) is 22.7 Å². The van der Waals surface area contributed by atoms with Gasteiger partial charge in [0.15, 0.2) is 5.82 Å². The normalized spacial score (nSPS) is 14.6. The molecule has 15 heteroatoms. The van der Waals surface area contributed by atoms with Gasteiger partial charge < -0.3 is 25.5 Å². The minimum atomic E-state index is -1.29. The van der Waals surface area contributed by atoms with Gasteiger partial charge in [-0.2, -0.15) is 4.68 Å². The number of benzene rings is 2. The predicted molar refractivity (Wildman–Crippen MR) is 155 cm³/mol. The van der Waals surface area contributed by atoms with Crippen LogP contribution in [0.1, 0.15) is 35.2 Å². The van der Waals surface area contributed by atoms with Crippen molar-refractivity contribution in [3.8, 4) is 5.69 Å². The van der Waals surface area contributed by atoms with E-state index in [4.69, 9.17) is 16.7 Å². The van der Waals surface area contributed by atoms with E-state index >= 15 is 0 Å². The number of amides is 3. The van der Waals surface area contributed by atoms with E-state index in [0.29, 0.717) is 19.1 Å². The van der Waals surface area contributed by atoms with Gasteiger partial charge in [0.2, 0.25) is 17.7 Å². The highest BCUT2D eigenvalue weighted by atomic mass is 35.5. The van der Waals surface area contributed by atoms with Crippen LogP contribution in [0, 0.1) is 5.82 Å². The van der Waals surface area contributed by atoms with Crippen LogP contribution in [0.3, 0.4) is 0 Å². The summed E-state index contributed by atoms with van der Waals surface area (Å²) in [5.74, 6) is -3.72. The lowest BCUT2D eigenvalue weighted by molar-refractivity contribution is -0.135. The van der Waals surface area contributed by atoms with Crippen LogP contribution in [0.25, 0.3) is 11.8 Å². The second-order valence-corrected chi connectivity index (χ2v) is 10.5. The quantitative estimate of drug-likeness (QED) is 0.291. The molecule has 0 spiro atoms. The molecule has 43 heavy (non-hydrogen) atoms. The molecule has 1 aliphatic heterocycles. The van der Waals surface area contributed by atoms with Crippen molar-refractivity contribution in [1.29, 1.82) is 0 Å². The fraction of sp³-hybridized carbons (Fsp3) is 0.321. The Morgan fingerprint density at radius 3 is 2.44 bits per heavy atom. The van der Waals surface area contributed by atoms with Gasteiger partial charge in [-0.1, -0.05) is 11.6 Å². The number of carboxylic acids is 1. The Hall–Kier alpha value is -4.69. The molecule has 3 aromatic rings. The first-order valence-electron chi connectivity index (χ1n) is 13.3. The number of anilines is 1. The number of carbonyl (C=O) groups is 4. The summed E-state index contributed by atoms with van der Waals surface area (Å²) in [5, 5.41) is 24.9. The largest absolute Gasteiger partial charge is 0.478 e. The van der Waals surface area contributed by atoms with Gasteiger partial charge >= 0.3 is 5.97 Å². The van der Waals surface area contributed by atoms with Gasteiger partial charge in [-0.15, -0.1) is 5.10 Å². The predicted octanol–water partition coefficient (Wildman–Crippen LogP) is 2.23. The van der Waals surface area contributed by atoms with Crippen molar-refractivity contribution in [3.63, 3.8) is 0 Å². The fourth-order valence-corrected chi connectivity index (χ4v) is 4.80. The summed E-state index contributed by atoms with van der Waals surface area (Å²) in [6.45, 7) is 1.02. The molecule has 13 nitrogen and oxygen atoms in total. The number of tetrazole rings is 1. The zero-order chi connectivity index (χ0) is 31.1. The van der Waals surface area contributed by atoms with E-state index in [-0.39, 0.29) is 39.9 Å². The minimum Gasteiger partial charge on any atom is -0.478 e. The molecule has 3 amide bonds. The zero-order valence-corrected chi connectivity index (χ0v) is 24.2. The average Bonchev–Trinajstić information content (AvgIpc) is 3.52. The number of nitrogens with zero attached hydrogens (tertiary/aromatic N) is 6. The third-order valence-corrected chi connectivity index (χ3v) is 7.36. The number of hydrogen-bond acceptors (Lipinski definition) is 8. The Labute approximate surface area is 251 Å². The van der Waals surface area contributed by atoms with Gasteiger partial charge in [-0.25, -0.2) is 9.18 Å². The van der Waals surface area contributed by atoms with Crippen LogP contribution >= 0.6 is 11.6 Å². The molecule has 1 unspecified atom stereocenters. The second-order valence-electron chi connectivity index (χ2n) is 10.1. The molecular formula is C28H30ClFN8O5. The number of aromatic nitrogens is 4. The molecule has 0 bridgehead atoms. The molecule has 0 saturated carbocycles. The van der Waals surface area contributed by atoms with Crippen LogP contribution in [0.2, 0.25) is 5.02 Å². The zero-order valence-electron chi connectivity index (χ0n) is 23.4. The number of halogens is 2. The Morgan fingerprint density at radius 1 is 1.14 bits per heavy atom. The van der Waals surface area contributed by atoms with E-state index < -0.39 is 29.6 Å². The summed E-state index contributed by atoms with van der Waals surface area (Å²) >= 11 is 5.95. The first-order chi connectivity index (χ1) is 20.5. The van der Waals surface area contributed by atoms with E-state index in [1.54, 1.807) is 4.90 Å². The molecule has 2 heterocycles. The van der Waals surface area contributed by atoms with Crippen molar-refractivity contribution in [2.45, 2.75) is 31.3 Å². The third-order valence-electron chi connectivity index (χ3n) is 7.07. The number of likely N-dealkylation sites (tertiary alicyclic amines) is 1. The van der Waals surface area contributed by atoms with Crippen molar-refractivity contribution in [2.24, 2.45) is 0 Å². The van der Waals surface area contributed by atoms with E-state index in [1.165, 1.54) is 53.5 Å². The molecule has 1 fully saturated rings. The number of hydrogen-bond donors (Lipinski definition) is 3. The maximum absolute atomic E-state index is 14.9. The summed E-state index contributed by atoms with van der Waals surface area (Å²) in [6, 6.07) is 7.27. The molecular weight excluding hydrogens is 583 g/mol. The Balaban J connectivity index is 1.52. The number of nitrogens with one attached hydrogen (secondary N) is 2. The van der Waals surface area contributed by atoms with Crippen molar-refractivity contribution >= 4 is 47.1 Å². The molecule has 226 valence electrons. The van der Waals surface area contributed by atoms with E-state index in [1.807, 2.05) is 14.1 Å². The molecule has 1 aromatic heterocycles. The molecule has 0 aliphatic carbocycles. The second kappa shape index (κ2) is 14.0. The smallest absolute Gasteiger partial charge is 0.335 e. The van der Waals surface area contributed by atoms with Crippen LogP contribution < -0.4 is 10.6 Å². The van der Waals surface area contributed by atoms with Gasteiger partial charge in [-0.05, 0) is 79.8 Å². The molecule has 3 N–H and O–H groups in total. The topological polar surface area (TPSA) is 163 Å². The average molecular weight is 613 g/mol. The van der Waals surface area contributed by atoms with E-state index in [9.17, 15) is 23.6 Å². The number of rotatable bonds is 10. The molecule has 1 saturated heterocycles. The standard InChI is InChI=1S/C28H30ClFN8O5/c1-36(2)19-11-13-37(14-12-19)25(40)15-22(27(41)32-18-5-3-17(4-6-18)28(42)43)33-24(39)10-7-20-23(38-16-31-34-35-38)9-8-21(29)26(20)30/h3-10,16,19,22H,11-15H2,1-2H3,(H,32,41)(H,33,39)(H,42,43)/b10-7+. The first-order valence-corrected chi connectivity index (χ1v) is 13.7. The highest BCUT2D eigenvalue weighted by molar-refractivity contribution is 6.31. The Bertz CT molecular complexity index is 1510. The van der Waals surface area contributed by atoms with Crippen molar-refractivity contribution in [1.82, 2.24) is 35.3 Å². The van der Waals surface area contributed by atoms with Gasteiger partial charge in [0.1, 0.15) is 12.4 Å². The highest BCUT2D eigenvalue weighted by Crippen LogP contribution is 2.25. The molecule has 2 aromatic carbocycles. The van der Waals surface area contributed by atoms with Gasteiger partial charge in [0, 0.05) is 36.5 Å². The van der Waals surface area contributed by atoms with E-state index in [0.717, 1.165) is 18.9 Å². The lowest BCUT2D eigenvalue weighted by atomic mass is 10.0. The summed E-state index contributed by atoms with van der Waals surface area (Å²) in [4.78, 5) is 54.4. The minimum absolute atomic E-state index is 0.0265. The van der Waals surface area contributed by atoms with Crippen LogP contribution in [0.5, 0.6) is 0 Å². The van der Waals surface area contributed by atoms with Crippen LogP contribution in [0.4, 0.5) is 10.1 Å². The maximum Gasteiger partial charge on any atom is 0.335 e. The molecule has 4 rings (SSSR count). The fourth-order valence-electron chi connectivity index (χ4n) is 4.64. The molecule has 1 atom stereocenters. The summed E-state index contributed by atoms with van der Waals surface area (Å²) in [7, 11) is 3.96. The summed E-state index contributed by atoms with van der Waals surface area (Å²) < 4.78 is 16.1. The van der Waals surface area contributed by atoms with E-state index in [2.05, 4.69) is 31.1 Å². The molecule has 1 aliphatic rings. The highest BCUT2D eigenvalue weighted by Gasteiger charge is 2.29. The number of aromatic carboxylic acids is 1. The van der Waals surface area contributed by atoms with Crippen molar-refractivity contribution < 1.29 is 28.7 Å².